The van der Waals surface area contributed by atoms with E-state index in [0.29, 0.717) is 11.3 Å². The van der Waals surface area contributed by atoms with Gasteiger partial charge in [-0.3, -0.25) is 4.79 Å². The number of fused-ring (bicyclic) bond motifs is 1. The van der Waals surface area contributed by atoms with Crippen molar-refractivity contribution >= 4 is 32.6 Å². The molecular formula is C20H18BrNO2. The maximum Gasteiger partial charge on any atom is 0.253 e. The molecule has 0 fully saturated rings. The molecule has 0 aliphatic heterocycles. The second-order valence-electron chi connectivity index (χ2n) is 5.65. The van der Waals surface area contributed by atoms with Gasteiger partial charge in [0.2, 0.25) is 0 Å². The van der Waals surface area contributed by atoms with E-state index < -0.39 is 0 Å². The van der Waals surface area contributed by atoms with Gasteiger partial charge in [0, 0.05) is 4.47 Å². The van der Waals surface area contributed by atoms with Gasteiger partial charge in [-0.1, -0.05) is 36.4 Å². The Morgan fingerprint density at radius 3 is 2.54 bits per heavy atom. The van der Waals surface area contributed by atoms with Crippen LogP contribution in [0.25, 0.3) is 10.8 Å². The SMILES string of the molecule is COc1ccc(Br)c(C(=O)NC(C)c2ccc3ccccc3c2)c1. The smallest absolute Gasteiger partial charge is 0.253 e. The van der Waals surface area contributed by atoms with Crippen LogP contribution in [-0.2, 0) is 0 Å². The van der Waals surface area contributed by atoms with Crippen LogP contribution < -0.4 is 10.1 Å². The molecule has 3 aromatic carbocycles. The second kappa shape index (κ2) is 7.05. The molecule has 0 spiro atoms. The summed E-state index contributed by atoms with van der Waals surface area (Å²) < 4.78 is 5.94. The van der Waals surface area contributed by atoms with E-state index in [0.717, 1.165) is 10.0 Å². The normalized spacial score (nSPS) is 12.0. The van der Waals surface area contributed by atoms with Crippen LogP contribution in [0.2, 0.25) is 0 Å². The van der Waals surface area contributed by atoms with E-state index in [9.17, 15) is 4.79 Å². The molecule has 1 amide bonds. The fourth-order valence-corrected chi connectivity index (χ4v) is 3.07. The molecule has 0 aromatic heterocycles. The Hall–Kier alpha value is -2.33. The van der Waals surface area contributed by atoms with Gasteiger partial charge in [0.25, 0.3) is 5.91 Å². The molecule has 4 heteroatoms. The predicted octanol–water partition coefficient (Wildman–Crippen LogP) is 5.10. The first kappa shape index (κ1) is 16.5. The van der Waals surface area contributed by atoms with E-state index in [4.69, 9.17) is 4.74 Å². The van der Waals surface area contributed by atoms with Crippen LogP contribution in [-0.4, -0.2) is 13.0 Å². The highest BCUT2D eigenvalue weighted by atomic mass is 79.9. The third-order valence-electron chi connectivity index (χ3n) is 4.04. The topological polar surface area (TPSA) is 38.3 Å². The Balaban J connectivity index is 1.82. The summed E-state index contributed by atoms with van der Waals surface area (Å²) in [4.78, 5) is 12.6. The van der Waals surface area contributed by atoms with Gasteiger partial charge in [0.15, 0.2) is 0 Å². The monoisotopic (exact) mass is 383 g/mol. The van der Waals surface area contributed by atoms with E-state index in [-0.39, 0.29) is 11.9 Å². The van der Waals surface area contributed by atoms with Gasteiger partial charge in [0.05, 0.1) is 18.7 Å². The third kappa shape index (κ3) is 3.44. The first-order valence-corrected chi connectivity index (χ1v) is 8.51. The molecular weight excluding hydrogens is 366 g/mol. The molecule has 1 unspecified atom stereocenters. The molecule has 0 saturated carbocycles. The molecule has 0 radical (unpaired) electrons. The van der Waals surface area contributed by atoms with Gasteiger partial charge in [-0.25, -0.2) is 0 Å². The number of ether oxygens (including phenoxy) is 1. The number of benzene rings is 3. The quantitative estimate of drug-likeness (QED) is 0.680. The Bertz CT molecular complexity index is 892. The van der Waals surface area contributed by atoms with Crippen molar-refractivity contribution < 1.29 is 9.53 Å². The Kier molecular flexibility index (Phi) is 4.86. The Labute approximate surface area is 149 Å². The molecule has 0 heterocycles. The molecule has 122 valence electrons. The van der Waals surface area contributed by atoms with E-state index >= 15 is 0 Å². The molecule has 0 aliphatic rings. The summed E-state index contributed by atoms with van der Waals surface area (Å²) in [5.74, 6) is 0.517. The number of hydrogen-bond acceptors (Lipinski definition) is 2. The van der Waals surface area contributed by atoms with Crippen LogP contribution >= 0.6 is 15.9 Å². The van der Waals surface area contributed by atoms with Crippen molar-refractivity contribution in [2.75, 3.05) is 7.11 Å². The summed E-state index contributed by atoms with van der Waals surface area (Å²) in [5.41, 5.74) is 1.63. The predicted molar refractivity (Wildman–Crippen MR) is 101 cm³/mol. The summed E-state index contributed by atoms with van der Waals surface area (Å²) >= 11 is 3.42. The Morgan fingerprint density at radius 2 is 1.79 bits per heavy atom. The molecule has 3 nitrogen and oxygen atoms in total. The minimum atomic E-state index is -0.138. The van der Waals surface area contributed by atoms with Gasteiger partial charge >= 0.3 is 0 Å². The Morgan fingerprint density at radius 1 is 1.04 bits per heavy atom. The summed E-state index contributed by atoms with van der Waals surface area (Å²) in [7, 11) is 1.59. The standard InChI is InChI=1S/C20H18BrNO2/c1-13(15-8-7-14-5-3-4-6-16(14)11-15)22-20(23)18-12-17(24-2)9-10-19(18)21/h3-13H,1-2H3,(H,22,23). The van der Waals surface area contributed by atoms with Crippen LogP contribution in [0.4, 0.5) is 0 Å². The first-order chi connectivity index (χ1) is 11.6. The molecule has 3 rings (SSSR count). The summed E-state index contributed by atoms with van der Waals surface area (Å²) in [6.45, 7) is 1.98. The van der Waals surface area contributed by atoms with Crippen molar-refractivity contribution in [2.45, 2.75) is 13.0 Å². The lowest BCUT2D eigenvalue weighted by Crippen LogP contribution is -2.27. The number of methoxy groups -OCH3 is 1. The highest BCUT2D eigenvalue weighted by Crippen LogP contribution is 2.24. The summed E-state index contributed by atoms with van der Waals surface area (Å²) in [5, 5.41) is 5.40. The van der Waals surface area contributed by atoms with Crippen molar-refractivity contribution in [3.63, 3.8) is 0 Å². The zero-order valence-corrected chi connectivity index (χ0v) is 15.1. The van der Waals surface area contributed by atoms with Crippen LogP contribution in [0, 0.1) is 0 Å². The fourth-order valence-electron chi connectivity index (χ4n) is 2.64. The van der Waals surface area contributed by atoms with Gasteiger partial charge in [-0.2, -0.15) is 0 Å². The van der Waals surface area contributed by atoms with Crippen molar-refractivity contribution in [2.24, 2.45) is 0 Å². The largest absolute Gasteiger partial charge is 0.497 e. The average Bonchev–Trinajstić information content (AvgIpc) is 2.61. The van der Waals surface area contributed by atoms with E-state index in [1.165, 1.54) is 10.8 Å². The number of rotatable bonds is 4. The summed E-state index contributed by atoms with van der Waals surface area (Å²) in [6.07, 6.45) is 0. The number of halogens is 1. The molecule has 1 N–H and O–H groups in total. The lowest BCUT2D eigenvalue weighted by Gasteiger charge is -2.16. The minimum absolute atomic E-state index is 0.0970. The highest BCUT2D eigenvalue weighted by Gasteiger charge is 2.15. The second-order valence-corrected chi connectivity index (χ2v) is 6.50. The molecule has 1 atom stereocenters. The summed E-state index contributed by atoms with van der Waals surface area (Å²) in [6, 6.07) is 19.7. The van der Waals surface area contributed by atoms with Crippen LogP contribution in [0.1, 0.15) is 28.9 Å². The number of hydrogen-bond donors (Lipinski definition) is 1. The van der Waals surface area contributed by atoms with Crippen molar-refractivity contribution in [3.05, 3.63) is 76.3 Å². The van der Waals surface area contributed by atoms with Crippen molar-refractivity contribution in [1.29, 1.82) is 0 Å². The van der Waals surface area contributed by atoms with Gasteiger partial charge in [-0.05, 0) is 63.5 Å². The van der Waals surface area contributed by atoms with E-state index in [1.807, 2.05) is 37.3 Å². The third-order valence-corrected chi connectivity index (χ3v) is 4.73. The zero-order valence-electron chi connectivity index (χ0n) is 13.5. The highest BCUT2D eigenvalue weighted by molar-refractivity contribution is 9.10. The number of carbonyl (C=O) groups is 1. The number of carbonyl (C=O) groups excluding carboxylic acids is 1. The van der Waals surface area contributed by atoms with Crippen molar-refractivity contribution in [3.8, 4) is 5.75 Å². The minimum Gasteiger partial charge on any atom is -0.497 e. The lowest BCUT2D eigenvalue weighted by molar-refractivity contribution is 0.0939. The zero-order chi connectivity index (χ0) is 17.1. The number of nitrogens with one attached hydrogen (secondary N) is 1. The van der Waals surface area contributed by atoms with E-state index in [1.54, 1.807) is 13.2 Å². The number of amides is 1. The van der Waals surface area contributed by atoms with Gasteiger partial charge in [0.1, 0.15) is 5.75 Å². The molecule has 0 bridgehead atoms. The van der Waals surface area contributed by atoms with Gasteiger partial charge < -0.3 is 10.1 Å². The lowest BCUT2D eigenvalue weighted by atomic mass is 10.0. The van der Waals surface area contributed by atoms with Crippen LogP contribution in [0.5, 0.6) is 5.75 Å². The fraction of sp³-hybridized carbons (Fsp3) is 0.150. The molecule has 3 aromatic rings. The van der Waals surface area contributed by atoms with Crippen LogP contribution in [0.15, 0.2) is 65.1 Å². The van der Waals surface area contributed by atoms with Crippen molar-refractivity contribution in [1.82, 2.24) is 5.32 Å². The molecule has 24 heavy (non-hydrogen) atoms. The van der Waals surface area contributed by atoms with E-state index in [2.05, 4.69) is 45.5 Å². The van der Waals surface area contributed by atoms with Gasteiger partial charge in [-0.15, -0.1) is 0 Å². The molecule has 0 aliphatic carbocycles. The molecule has 0 saturated heterocycles. The average molecular weight is 384 g/mol. The first-order valence-electron chi connectivity index (χ1n) is 7.71. The maximum atomic E-state index is 12.6. The maximum absolute atomic E-state index is 12.6. The van der Waals surface area contributed by atoms with Crippen LogP contribution in [0.3, 0.4) is 0 Å².